The molecule has 1 atom stereocenters. The van der Waals surface area contributed by atoms with Crippen LogP contribution in [0, 0.1) is 5.92 Å². The van der Waals surface area contributed by atoms with E-state index in [1.807, 2.05) is 19.2 Å². The fourth-order valence-electron chi connectivity index (χ4n) is 3.27. The molecule has 1 aromatic carbocycles. The van der Waals surface area contributed by atoms with E-state index in [1.54, 1.807) is 7.11 Å². The van der Waals surface area contributed by atoms with Crippen LogP contribution in [0.4, 0.5) is 0 Å². The first kappa shape index (κ1) is 26.0. The maximum atomic E-state index is 5.80. The van der Waals surface area contributed by atoms with Gasteiger partial charge in [0.25, 0.3) is 0 Å². The Morgan fingerprint density at radius 1 is 1.17 bits per heavy atom. The molecule has 166 valence electrons. The van der Waals surface area contributed by atoms with Crippen LogP contribution in [-0.4, -0.2) is 59.6 Å². The van der Waals surface area contributed by atoms with Crippen molar-refractivity contribution in [3.63, 3.8) is 0 Å². The van der Waals surface area contributed by atoms with Gasteiger partial charge >= 0.3 is 0 Å². The monoisotopic (exact) mass is 519 g/mol. The van der Waals surface area contributed by atoms with E-state index in [9.17, 15) is 0 Å². The van der Waals surface area contributed by atoms with Crippen molar-refractivity contribution >= 4 is 29.9 Å². The summed E-state index contributed by atoms with van der Waals surface area (Å²) in [7, 11) is 3.50. The minimum atomic E-state index is 0. The first-order chi connectivity index (χ1) is 13.7. The molecular formula is C22H38IN3O3. The summed E-state index contributed by atoms with van der Waals surface area (Å²) < 4.78 is 16.4. The van der Waals surface area contributed by atoms with E-state index in [0.717, 1.165) is 76.9 Å². The molecule has 0 spiro atoms. The molecule has 1 aliphatic rings. The Kier molecular flexibility index (Phi) is 14.1. The predicted molar refractivity (Wildman–Crippen MR) is 130 cm³/mol. The number of aliphatic imine (C=N–C) groups is 1. The lowest BCUT2D eigenvalue weighted by atomic mass is 9.98. The zero-order valence-electron chi connectivity index (χ0n) is 18.1. The first-order valence-corrected chi connectivity index (χ1v) is 10.5. The van der Waals surface area contributed by atoms with Gasteiger partial charge in [0, 0.05) is 46.6 Å². The van der Waals surface area contributed by atoms with Crippen molar-refractivity contribution in [1.29, 1.82) is 0 Å². The Hall–Kier alpha value is -1.06. The summed E-state index contributed by atoms with van der Waals surface area (Å²) >= 11 is 0. The molecule has 1 saturated heterocycles. The molecular weight excluding hydrogens is 481 g/mol. The third-order valence-corrected chi connectivity index (χ3v) is 5.23. The lowest BCUT2D eigenvalue weighted by molar-refractivity contribution is 0.0203. The second-order valence-corrected chi connectivity index (χ2v) is 7.37. The highest BCUT2D eigenvalue weighted by Crippen LogP contribution is 2.21. The average molecular weight is 519 g/mol. The number of hydrogen-bond acceptors (Lipinski definition) is 4. The number of methoxy groups -OCH3 is 1. The van der Waals surface area contributed by atoms with E-state index >= 15 is 0 Å². The van der Waals surface area contributed by atoms with Gasteiger partial charge in [-0.15, -0.1) is 24.0 Å². The SMILES string of the molecule is CN=C(NCCCOCC1CCOCC1)NCCC(C)c1ccc(OC)cc1.I. The second kappa shape index (κ2) is 15.7. The fourth-order valence-corrected chi connectivity index (χ4v) is 3.27. The van der Waals surface area contributed by atoms with Crippen LogP contribution in [0.2, 0.25) is 0 Å². The van der Waals surface area contributed by atoms with Gasteiger partial charge in [-0.3, -0.25) is 4.99 Å². The van der Waals surface area contributed by atoms with Gasteiger partial charge < -0.3 is 24.8 Å². The molecule has 1 aromatic rings. The number of guanidine groups is 1. The molecule has 6 nitrogen and oxygen atoms in total. The van der Waals surface area contributed by atoms with Gasteiger partial charge in [-0.25, -0.2) is 0 Å². The van der Waals surface area contributed by atoms with Gasteiger partial charge in [-0.1, -0.05) is 19.1 Å². The van der Waals surface area contributed by atoms with Crippen LogP contribution < -0.4 is 15.4 Å². The molecule has 2 N–H and O–H groups in total. The van der Waals surface area contributed by atoms with E-state index in [1.165, 1.54) is 5.56 Å². The van der Waals surface area contributed by atoms with E-state index in [0.29, 0.717) is 11.8 Å². The molecule has 1 fully saturated rings. The molecule has 2 rings (SSSR count). The number of ether oxygens (including phenoxy) is 3. The summed E-state index contributed by atoms with van der Waals surface area (Å²) in [5, 5.41) is 6.75. The van der Waals surface area contributed by atoms with Gasteiger partial charge in [0.15, 0.2) is 5.96 Å². The molecule has 0 amide bonds. The Morgan fingerprint density at radius 3 is 2.52 bits per heavy atom. The Labute approximate surface area is 193 Å². The summed E-state index contributed by atoms with van der Waals surface area (Å²) in [5.41, 5.74) is 1.33. The third-order valence-electron chi connectivity index (χ3n) is 5.23. The third kappa shape index (κ3) is 10.5. The van der Waals surface area contributed by atoms with Crippen LogP contribution in [0.5, 0.6) is 5.75 Å². The van der Waals surface area contributed by atoms with Crippen LogP contribution in [0.3, 0.4) is 0 Å². The largest absolute Gasteiger partial charge is 0.497 e. The normalized spacial score (nSPS) is 16.0. The van der Waals surface area contributed by atoms with Gasteiger partial charge in [-0.2, -0.15) is 0 Å². The average Bonchev–Trinajstić information content (AvgIpc) is 2.75. The minimum Gasteiger partial charge on any atom is -0.497 e. The van der Waals surface area contributed by atoms with Crippen LogP contribution in [-0.2, 0) is 9.47 Å². The van der Waals surface area contributed by atoms with Gasteiger partial charge in [0.05, 0.1) is 7.11 Å². The molecule has 0 aliphatic carbocycles. The van der Waals surface area contributed by atoms with Gasteiger partial charge in [0.2, 0.25) is 0 Å². The van der Waals surface area contributed by atoms with Crippen molar-refractivity contribution in [3.05, 3.63) is 29.8 Å². The highest BCUT2D eigenvalue weighted by atomic mass is 127. The Morgan fingerprint density at radius 2 is 1.86 bits per heavy atom. The Bertz CT molecular complexity index is 563. The number of halogens is 1. The van der Waals surface area contributed by atoms with Crippen molar-refractivity contribution in [2.24, 2.45) is 10.9 Å². The van der Waals surface area contributed by atoms with E-state index in [2.05, 4.69) is 34.7 Å². The number of benzene rings is 1. The quantitative estimate of drug-likeness (QED) is 0.202. The molecule has 7 heteroatoms. The first-order valence-electron chi connectivity index (χ1n) is 10.5. The standard InChI is InChI=1S/C22H37N3O3.HI/c1-18(20-5-7-21(26-3)8-6-20)9-13-25-22(23-2)24-12-4-14-28-17-19-10-15-27-16-11-19;/h5-8,18-19H,4,9-17H2,1-3H3,(H2,23,24,25);1H. The summed E-state index contributed by atoms with van der Waals surface area (Å²) in [6.07, 6.45) is 4.28. The number of nitrogens with zero attached hydrogens (tertiary/aromatic N) is 1. The van der Waals surface area contributed by atoms with Gasteiger partial charge in [0.1, 0.15) is 5.75 Å². The molecule has 0 radical (unpaired) electrons. The predicted octanol–water partition coefficient (Wildman–Crippen LogP) is 3.81. The van der Waals surface area contributed by atoms with Crippen molar-refractivity contribution < 1.29 is 14.2 Å². The topological polar surface area (TPSA) is 64.1 Å². The number of hydrogen-bond donors (Lipinski definition) is 2. The Balaban J connectivity index is 0.00000420. The summed E-state index contributed by atoms with van der Waals surface area (Å²) in [4.78, 5) is 4.29. The van der Waals surface area contributed by atoms with Crippen molar-refractivity contribution in [2.75, 3.05) is 53.7 Å². The summed E-state index contributed by atoms with van der Waals surface area (Å²) in [5.74, 6) is 2.90. The fraction of sp³-hybridized carbons (Fsp3) is 0.682. The highest BCUT2D eigenvalue weighted by molar-refractivity contribution is 14.0. The molecule has 29 heavy (non-hydrogen) atoms. The lowest BCUT2D eigenvalue weighted by Gasteiger charge is -2.21. The van der Waals surface area contributed by atoms with Crippen LogP contribution >= 0.6 is 24.0 Å². The van der Waals surface area contributed by atoms with Gasteiger partial charge in [-0.05, 0) is 55.2 Å². The van der Waals surface area contributed by atoms with Crippen LogP contribution in [0.1, 0.15) is 44.1 Å². The molecule has 0 saturated carbocycles. The van der Waals surface area contributed by atoms with Crippen molar-refractivity contribution in [2.45, 2.75) is 38.5 Å². The summed E-state index contributed by atoms with van der Waals surface area (Å²) in [6, 6.07) is 8.31. The van der Waals surface area contributed by atoms with Crippen molar-refractivity contribution in [3.8, 4) is 5.75 Å². The minimum absolute atomic E-state index is 0. The molecule has 1 aliphatic heterocycles. The number of nitrogens with one attached hydrogen (secondary N) is 2. The second-order valence-electron chi connectivity index (χ2n) is 7.37. The maximum Gasteiger partial charge on any atom is 0.190 e. The summed E-state index contributed by atoms with van der Waals surface area (Å²) in [6.45, 7) is 7.41. The van der Waals surface area contributed by atoms with Crippen molar-refractivity contribution in [1.82, 2.24) is 10.6 Å². The highest BCUT2D eigenvalue weighted by Gasteiger charge is 2.13. The smallest absolute Gasteiger partial charge is 0.190 e. The van der Waals surface area contributed by atoms with Crippen LogP contribution in [0.15, 0.2) is 29.3 Å². The maximum absolute atomic E-state index is 5.80. The van der Waals surface area contributed by atoms with E-state index < -0.39 is 0 Å². The molecule has 0 aromatic heterocycles. The molecule has 1 unspecified atom stereocenters. The zero-order chi connectivity index (χ0) is 20.0. The number of rotatable bonds is 11. The van der Waals surface area contributed by atoms with Crippen LogP contribution in [0.25, 0.3) is 0 Å². The molecule has 1 heterocycles. The molecule has 0 bridgehead atoms. The zero-order valence-corrected chi connectivity index (χ0v) is 20.4. The van der Waals surface area contributed by atoms with E-state index in [-0.39, 0.29) is 24.0 Å². The van der Waals surface area contributed by atoms with E-state index in [4.69, 9.17) is 14.2 Å². The lowest BCUT2D eigenvalue weighted by Crippen LogP contribution is -2.38.